The van der Waals surface area contributed by atoms with Gasteiger partial charge in [-0.2, -0.15) is 0 Å². The van der Waals surface area contributed by atoms with Gasteiger partial charge in [-0.3, -0.25) is 14.6 Å². The molecule has 0 aliphatic rings. The Morgan fingerprint density at radius 3 is 2.62 bits per heavy atom. The molecule has 1 N–H and O–H groups in total. The fraction of sp³-hybridized carbons (Fsp3) is 0.350. The van der Waals surface area contributed by atoms with Crippen LogP contribution < -0.4 is 5.32 Å². The van der Waals surface area contributed by atoms with Crippen molar-refractivity contribution in [2.45, 2.75) is 45.7 Å². The molecule has 0 fully saturated rings. The van der Waals surface area contributed by atoms with E-state index in [1.54, 1.807) is 18.2 Å². The van der Waals surface area contributed by atoms with Crippen LogP contribution in [-0.2, 0) is 4.79 Å². The molecule has 0 unspecified atom stereocenters. The van der Waals surface area contributed by atoms with Crippen LogP contribution in [-0.4, -0.2) is 22.6 Å². The zero-order chi connectivity index (χ0) is 19.3. The molecular formula is C20H26ClFN2O2. The van der Waals surface area contributed by atoms with E-state index in [2.05, 4.69) is 10.3 Å². The number of pyridine rings is 1. The number of ketones is 2. The summed E-state index contributed by atoms with van der Waals surface area (Å²) in [4.78, 5) is 27.9. The van der Waals surface area contributed by atoms with Gasteiger partial charge in [0.05, 0.1) is 10.6 Å². The third kappa shape index (κ3) is 4.74. The average Bonchev–Trinajstić information content (AvgIpc) is 2.60. The molecule has 2 rings (SSSR count). The van der Waals surface area contributed by atoms with E-state index in [1.165, 1.54) is 25.3 Å². The van der Waals surface area contributed by atoms with Crippen LogP contribution in [0.4, 0.5) is 4.39 Å². The predicted octanol–water partition coefficient (Wildman–Crippen LogP) is 5.01. The number of carbonyl (C=O) groups is 2. The highest BCUT2D eigenvalue weighted by molar-refractivity contribution is 6.35. The minimum atomic E-state index is -0.650. The average molecular weight is 381 g/mol. The van der Waals surface area contributed by atoms with Gasteiger partial charge in [0.25, 0.3) is 0 Å². The summed E-state index contributed by atoms with van der Waals surface area (Å²) in [5.41, 5.74) is 0.310. The van der Waals surface area contributed by atoms with Gasteiger partial charge < -0.3 is 5.32 Å². The number of carbonyl (C=O) groups excluding carboxylic acids is 2. The van der Waals surface area contributed by atoms with Crippen LogP contribution in [0, 0.1) is 5.82 Å². The first-order chi connectivity index (χ1) is 12.3. The standard InChI is InChI=1S/C20H22ClFN2O2.2H2/c1-4-16(24-12(2)11-13(3)25)14-8-9-15(21)18(19(14)22)20(26)17-7-5-6-10-23-17;;/h5-10,12,16,24H,4,11H2,1-3H3;2*1H/t12-,16+;;/m0../s1. The second-order valence-electron chi connectivity index (χ2n) is 6.30. The fourth-order valence-corrected chi connectivity index (χ4v) is 3.16. The lowest BCUT2D eigenvalue weighted by Crippen LogP contribution is -2.32. The van der Waals surface area contributed by atoms with E-state index in [9.17, 15) is 9.59 Å². The van der Waals surface area contributed by atoms with Crippen LogP contribution in [0.2, 0.25) is 5.02 Å². The maximum Gasteiger partial charge on any atom is 0.215 e. The Labute approximate surface area is 160 Å². The van der Waals surface area contributed by atoms with Crippen LogP contribution in [0.3, 0.4) is 0 Å². The molecule has 142 valence electrons. The number of rotatable bonds is 8. The van der Waals surface area contributed by atoms with E-state index in [4.69, 9.17) is 11.6 Å². The molecule has 6 heteroatoms. The molecule has 2 aromatic rings. The molecule has 0 aliphatic heterocycles. The van der Waals surface area contributed by atoms with Crippen molar-refractivity contribution in [2.75, 3.05) is 0 Å². The van der Waals surface area contributed by atoms with Crippen LogP contribution in [0.25, 0.3) is 0 Å². The fourth-order valence-electron chi connectivity index (χ4n) is 2.93. The Morgan fingerprint density at radius 2 is 2.04 bits per heavy atom. The van der Waals surface area contributed by atoms with Gasteiger partial charge >= 0.3 is 0 Å². The van der Waals surface area contributed by atoms with Crippen LogP contribution in [0.5, 0.6) is 0 Å². The SMILES string of the molecule is CC[C@@H](N[C@@H](C)CC(C)=O)c1ccc(Cl)c(C(=O)c2ccccn2)c1F.[HH].[HH]. The minimum Gasteiger partial charge on any atom is -0.307 e. The largest absolute Gasteiger partial charge is 0.307 e. The number of nitrogens with one attached hydrogen (secondary N) is 1. The highest BCUT2D eigenvalue weighted by atomic mass is 35.5. The molecule has 1 heterocycles. The van der Waals surface area contributed by atoms with Crippen LogP contribution in [0.15, 0.2) is 36.5 Å². The Bertz CT molecular complexity index is 806. The molecule has 2 atom stereocenters. The second-order valence-corrected chi connectivity index (χ2v) is 6.71. The van der Waals surface area contributed by atoms with Crippen LogP contribution >= 0.6 is 11.6 Å². The zero-order valence-electron chi connectivity index (χ0n) is 15.1. The molecule has 0 amide bonds. The summed E-state index contributed by atoms with van der Waals surface area (Å²) in [6.07, 6.45) is 2.42. The van der Waals surface area contributed by atoms with Crippen molar-refractivity contribution in [3.63, 3.8) is 0 Å². The number of hydrogen-bond acceptors (Lipinski definition) is 4. The quantitative estimate of drug-likeness (QED) is 0.654. The predicted molar refractivity (Wildman–Crippen MR) is 104 cm³/mol. The minimum absolute atomic E-state index is 0. The number of nitrogens with zero attached hydrogens (tertiary/aromatic N) is 1. The molecule has 0 radical (unpaired) electrons. The molecular weight excluding hydrogens is 355 g/mol. The second kappa shape index (κ2) is 9.01. The summed E-state index contributed by atoms with van der Waals surface area (Å²) >= 11 is 6.12. The summed E-state index contributed by atoms with van der Waals surface area (Å²) in [7, 11) is 0. The molecule has 0 aliphatic carbocycles. The van der Waals surface area contributed by atoms with Gasteiger partial charge in [-0.05, 0) is 38.5 Å². The van der Waals surface area contributed by atoms with E-state index in [0.29, 0.717) is 18.4 Å². The van der Waals surface area contributed by atoms with Crippen molar-refractivity contribution in [1.29, 1.82) is 0 Å². The number of hydrogen-bond donors (Lipinski definition) is 1. The number of halogens is 2. The van der Waals surface area contributed by atoms with Crippen molar-refractivity contribution in [1.82, 2.24) is 10.3 Å². The summed E-state index contributed by atoms with van der Waals surface area (Å²) in [5.74, 6) is -1.15. The maximum atomic E-state index is 15.2. The Morgan fingerprint density at radius 1 is 1.31 bits per heavy atom. The first kappa shape index (κ1) is 20.2. The van der Waals surface area contributed by atoms with Gasteiger partial charge in [0.15, 0.2) is 0 Å². The lowest BCUT2D eigenvalue weighted by atomic mass is 9.96. The highest BCUT2D eigenvalue weighted by Gasteiger charge is 2.25. The van der Waals surface area contributed by atoms with Crippen molar-refractivity contribution >= 4 is 23.2 Å². The normalized spacial score (nSPS) is 13.3. The lowest BCUT2D eigenvalue weighted by molar-refractivity contribution is -0.117. The molecule has 0 saturated heterocycles. The van der Waals surface area contributed by atoms with Crippen molar-refractivity contribution in [3.8, 4) is 0 Å². The molecule has 0 spiro atoms. The monoisotopic (exact) mass is 380 g/mol. The topological polar surface area (TPSA) is 59.1 Å². The summed E-state index contributed by atoms with van der Waals surface area (Å²) in [6, 6.07) is 7.52. The first-order valence-corrected chi connectivity index (χ1v) is 8.92. The molecule has 1 aromatic heterocycles. The Balaban J connectivity index is 0.00000364. The van der Waals surface area contributed by atoms with E-state index >= 15 is 4.39 Å². The third-order valence-electron chi connectivity index (χ3n) is 4.11. The lowest BCUT2D eigenvalue weighted by Gasteiger charge is -2.23. The maximum absolute atomic E-state index is 15.2. The van der Waals surface area contributed by atoms with Gasteiger partial charge in [0, 0.05) is 33.1 Å². The smallest absolute Gasteiger partial charge is 0.215 e. The van der Waals surface area contributed by atoms with Gasteiger partial charge in [0.2, 0.25) is 5.78 Å². The van der Waals surface area contributed by atoms with E-state index in [1.807, 2.05) is 13.8 Å². The molecule has 0 bridgehead atoms. The summed E-state index contributed by atoms with van der Waals surface area (Å²) in [6.45, 7) is 5.30. The van der Waals surface area contributed by atoms with E-state index in [0.717, 1.165) is 0 Å². The van der Waals surface area contributed by atoms with E-state index < -0.39 is 11.6 Å². The van der Waals surface area contributed by atoms with Crippen molar-refractivity contribution < 1.29 is 16.8 Å². The van der Waals surface area contributed by atoms with Gasteiger partial charge in [0.1, 0.15) is 17.3 Å². The zero-order valence-corrected chi connectivity index (χ0v) is 15.8. The van der Waals surface area contributed by atoms with Gasteiger partial charge in [-0.25, -0.2) is 4.39 Å². The number of Topliss-reactive ketones (excluding diaryl/α,β-unsaturated/α-hetero) is 1. The van der Waals surface area contributed by atoms with E-state index in [-0.39, 0.29) is 37.0 Å². The molecule has 26 heavy (non-hydrogen) atoms. The molecule has 0 saturated carbocycles. The van der Waals surface area contributed by atoms with Crippen molar-refractivity contribution in [3.05, 3.63) is 64.2 Å². The van der Waals surface area contributed by atoms with Crippen LogP contribution in [0.1, 0.15) is 64.1 Å². The summed E-state index contributed by atoms with van der Waals surface area (Å²) < 4.78 is 15.2. The van der Waals surface area contributed by atoms with Gasteiger partial charge in [-0.1, -0.05) is 30.7 Å². The number of aromatic nitrogens is 1. The number of benzene rings is 1. The Hall–Kier alpha value is -2.11. The van der Waals surface area contributed by atoms with Gasteiger partial charge in [-0.15, -0.1) is 0 Å². The molecule has 4 nitrogen and oxygen atoms in total. The first-order valence-electron chi connectivity index (χ1n) is 8.54. The molecule has 1 aromatic carbocycles. The Kier molecular flexibility index (Phi) is 7.00. The summed E-state index contributed by atoms with van der Waals surface area (Å²) in [5, 5.41) is 3.30. The highest BCUT2D eigenvalue weighted by Crippen LogP contribution is 2.29. The third-order valence-corrected chi connectivity index (χ3v) is 4.42. The van der Waals surface area contributed by atoms with Crippen molar-refractivity contribution in [2.24, 2.45) is 0 Å².